The Labute approximate surface area is 444 Å². The molecule has 0 radical (unpaired) electrons. The molecule has 1 atom stereocenters. The smallest absolute Gasteiger partial charge is 0.306 e. The predicted molar refractivity (Wildman–Crippen MR) is 311 cm³/mol. The summed E-state index contributed by atoms with van der Waals surface area (Å²) in [4.78, 5) is 38.1. The normalized spacial score (nSPS) is 12.9. The summed E-state index contributed by atoms with van der Waals surface area (Å²) in [6.45, 7) is 6.44. The molecule has 0 saturated heterocycles. The van der Waals surface area contributed by atoms with Crippen LogP contribution in [0.3, 0.4) is 0 Å². The van der Waals surface area contributed by atoms with Gasteiger partial charge in [0.15, 0.2) is 6.10 Å². The monoisotopic (exact) mass is 999 g/mol. The summed E-state index contributed by atoms with van der Waals surface area (Å²) in [7, 11) is 0. The molecule has 0 aromatic rings. The molecule has 0 amide bonds. The molecule has 0 N–H and O–H groups in total. The second kappa shape index (κ2) is 59.6. The van der Waals surface area contributed by atoms with Gasteiger partial charge in [-0.2, -0.15) is 0 Å². The van der Waals surface area contributed by atoms with Crippen LogP contribution in [-0.4, -0.2) is 37.2 Å². The fraction of sp³-hybridized carbons (Fsp3) is 0.682. The van der Waals surface area contributed by atoms with E-state index in [1.165, 1.54) is 89.9 Å². The molecule has 0 aliphatic carbocycles. The maximum Gasteiger partial charge on any atom is 0.306 e. The van der Waals surface area contributed by atoms with E-state index in [0.717, 1.165) is 141 Å². The maximum atomic E-state index is 12.8. The zero-order valence-electron chi connectivity index (χ0n) is 46.9. The van der Waals surface area contributed by atoms with Gasteiger partial charge in [-0.15, -0.1) is 0 Å². The summed E-state index contributed by atoms with van der Waals surface area (Å²) in [5, 5.41) is 0. The van der Waals surface area contributed by atoms with Crippen molar-refractivity contribution in [2.45, 2.75) is 277 Å². The molecule has 0 bridgehead atoms. The Kier molecular flexibility index (Phi) is 56.4. The number of allylic oxidation sites excluding steroid dienone is 18. The highest BCUT2D eigenvalue weighted by Crippen LogP contribution is 2.14. The second-order valence-corrected chi connectivity index (χ2v) is 19.5. The van der Waals surface area contributed by atoms with E-state index in [9.17, 15) is 14.4 Å². The van der Waals surface area contributed by atoms with E-state index in [1.807, 2.05) is 0 Å². The molecular weight excluding hydrogens is 889 g/mol. The van der Waals surface area contributed by atoms with Gasteiger partial charge in [0.1, 0.15) is 13.2 Å². The molecular formula is C66H110O6. The number of hydrogen-bond acceptors (Lipinski definition) is 6. The number of carbonyl (C=O) groups excluding carboxylic acids is 3. The molecule has 0 saturated carbocycles. The average Bonchev–Trinajstić information content (AvgIpc) is 3.38. The largest absolute Gasteiger partial charge is 0.462 e. The van der Waals surface area contributed by atoms with Crippen LogP contribution in [0.4, 0.5) is 0 Å². The Bertz CT molecular complexity index is 1470. The first kappa shape index (κ1) is 68.1. The molecule has 0 aliphatic heterocycles. The van der Waals surface area contributed by atoms with E-state index < -0.39 is 6.10 Å². The molecule has 6 heteroatoms. The molecule has 1 unspecified atom stereocenters. The van der Waals surface area contributed by atoms with Crippen LogP contribution in [0.15, 0.2) is 109 Å². The van der Waals surface area contributed by atoms with E-state index >= 15 is 0 Å². The van der Waals surface area contributed by atoms with Crippen LogP contribution in [0.2, 0.25) is 0 Å². The molecule has 0 aromatic carbocycles. The number of ether oxygens (including phenoxy) is 3. The van der Waals surface area contributed by atoms with E-state index in [4.69, 9.17) is 14.2 Å². The molecule has 0 rings (SSSR count). The van der Waals surface area contributed by atoms with Gasteiger partial charge in [-0.3, -0.25) is 14.4 Å². The zero-order valence-corrected chi connectivity index (χ0v) is 46.9. The molecule has 0 aromatic heterocycles. The van der Waals surface area contributed by atoms with Crippen molar-refractivity contribution in [2.75, 3.05) is 13.2 Å². The van der Waals surface area contributed by atoms with Crippen molar-refractivity contribution in [1.82, 2.24) is 0 Å². The van der Waals surface area contributed by atoms with Gasteiger partial charge in [-0.05, 0) is 122 Å². The van der Waals surface area contributed by atoms with E-state index in [0.29, 0.717) is 19.3 Å². The average molecular weight is 1000 g/mol. The summed E-state index contributed by atoms with van der Waals surface area (Å²) in [6, 6.07) is 0. The van der Waals surface area contributed by atoms with E-state index in [-0.39, 0.29) is 31.1 Å². The molecule has 72 heavy (non-hydrogen) atoms. The van der Waals surface area contributed by atoms with Crippen LogP contribution in [-0.2, 0) is 28.6 Å². The Morgan fingerprint density at radius 3 is 0.917 bits per heavy atom. The molecule has 0 spiro atoms. The standard InChI is InChI=1S/C66H110O6/c1-4-7-10-13-16-19-22-24-26-27-28-29-30-31-32-33-34-35-36-37-38-39-41-42-44-47-50-53-56-59-65(68)71-62-63(61-70-64(67)58-55-52-49-46-21-18-15-12-9-6-3)72-66(69)60-57-54-51-48-45-43-40-25-23-20-17-14-11-8-5-2/h7,10,12,15-16,19,24-26,28-29,31-32,34-35,37-38,40,63H,4-6,8-9,11,13-14,17-18,20-23,27,30,33,36,39,41-62H2,1-3H3/b10-7-,15-12-,19-16-,26-24-,29-28-,32-31-,35-34-,38-37-,40-25-. The van der Waals surface area contributed by atoms with Gasteiger partial charge in [0.2, 0.25) is 0 Å². The Morgan fingerprint density at radius 2 is 0.569 bits per heavy atom. The summed E-state index contributed by atoms with van der Waals surface area (Å²) in [5.74, 6) is -0.919. The highest BCUT2D eigenvalue weighted by molar-refractivity contribution is 5.71. The van der Waals surface area contributed by atoms with Gasteiger partial charge < -0.3 is 14.2 Å². The summed E-state index contributed by atoms with van der Waals surface area (Å²) >= 11 is 0. The van der Waals surface area contributed by atoms with Gasteiger partial charge in [0.05, 0.1) is 0 Å². The van der Waals surface area contributed by atoms with Crippen LogP contribution in [0.5, 0.6) is 0 Å². The highest BCUT2D eigenvalue weighted by Gasteiger charge is 2.19. The van der Waals surface area contributed by atoms with E-state index in [1.54, 1.807) is 0 Å². The predicted octanol–water partition coefficient (Wildman–Crippen LogP) is 20.3. The van der Waals surface area contributed by atoms with Crippen molar-refractivity contribution in [1.29, 1.82) is 0 Å². The minimum absolute atomic E-state index is 0.0897. The molecule has 410 valence electrons. The summed E-state index contributed by atoms with van der Waals surface area (Å²) < 4.78 is 16.8. The number of unbranched alkanes of at least 4 members (excludes halogenated alkanes) is 24. The minimum Gasteiger partial charge on any atom is -0.462 e. The number of hydrogen-bond donors (Lipinski definition) is 0. The fourth-order valence-corrected chi connectivity index (χ4v) is 8.01. The molecule has 0 heterocycles. The number of rotatable bonds is 53. The molecule has 0 fully saturated rings. The van der Waals surface area contributed by atoms with Gasteiger partial charge in [0.25, 0.3) is 0 Å². The SMILES string of the molecule is CC/C=C\C/C=C\C/C=C\C/C=C\C/C=C\C/C=C\C/C=C\CCCCCCCCCC(=O)OCC(COC(=O)CCCCCCC/C=C\CCC)OC(=O)CCCCCCC/C=C\CCCCCCCC. The third-order valence-electron chi connectivity index (χ3n) is 12.5. The Hall–Kier alpha value is -3.93. The van der Waals surface area contributed by atoms with Crippen molar-refractivity contribution in [3.63, 3.8) is 0 Å². The van der Waals surface area contributed by atoms with Crippen LogP contribution in [0, 0.1) is 0 Å². The van der Waals surface area contributed by atoms with Gasteiger partial charge in [-0.1, -0.05) is 239 Å². The van der Waals surface area contributed by atoms with Crippen molar-refractivity contribution in [3.8, 4) is 0 Å². The number of carbonyl (C=O) groups is 3. The van der Waals surface area contributed by atoms with Crippen molar-refractivity contribution in [3.05, 3.63) is 109 Å². The van der Waals surface area contributed by atoms with Crippen LogP contribution < -0.4 is 0 Å². The lowest BCUT2D eigenvalue weighted by atomic mass is 10.1. The lowest BCUT2D eigenvalue weighted by molar-refractivity contribution is -0.167. The van der Waals surface area contributed by atoms with Crippen LogP contribution in [0.1, 0.15) is 271 Å². The van der Waals surface area contributed by atoms with E-state index in [2.05, 4.69) is 130 Å². The first-order chi connectivity index (χ1) is 35.5. The Balaban J connectivity index is 4.28. The van der Waals surface area contributed by atoms with Crippen molar-refractivity contribution < 1.29 is 28.6 Å². The minimum atomic E-state index is -0.791. The quantitative estimate of drug-likeness (QED) is 0.0261. The van der Waals surface area contributed by atoms with Gasteiger partial charge >= 0.3 is 17.9 Å². The van der Waals surface area contributed by atoms with Gasteiger partial charge in [0, 0.05) is 19.3 Å². The summed E-state index contributed by atoms with van der Waals surface area (Å²) in [5.41, 5.74) is 0. The highest BCUT2D eigenvalue weighted by atomic mass is 16.6. The summed E-state index contributed by atoms with van der Waals surface area (Å²) in [6.07, 6.45) is 80.9. The van der Waals surface area contributed by atoms with Crippen LogP contribution in [0.25, 0.3) is 0 Å². The lowest BCUT2D eigenvalue weighted by Gasteiger charge is -2.18. The third-order valence-corrected chi connectivity index (χ3v) is 12.5. The van der Waals surface area contributed by atoms with Crippen molar-refractivity contribution in [2.24, 2.45) is 0 Å². The van der Waals surface area contributed by atoms with Crippen molar-refractivity contribution >= 4 is 17.9 Å². The van der Waals surface area contributed by atoms with Crippen LogP contribution >= 0.6 is 0 Å². The first-order valence-corrected chi connectivity index (χ1v) is 29.9. The second-order valence-electron chi connectivity index (χ2n) is 19.5. The molecule has 6 nitrogen and oxygen atoms in total. The zero-order chi connectivity index (χ0) is 52.2. The fourth-order valence-electron chi connectivity index (χ4n) is 8.01. The first-order valence-electron chi connectivity index (χ1n) is 29.9. The number of esters is 3. The molecule has 0 aliphatic rings. The Morgan fingerprint density at radius 1 is 0.292 bits per heavy atom. The topological polar surface area (TPSA) is 78.9 Å². The van der Waals surface area contributed by atoms with Gasteiger partial charge in [-0.25, -0.2) is 0 Å². The lowest BCUT2D eigenvalue weighted by Crippen LogP contribution is -2.30. The third kappa shape index (κ3) is 57.0. The maximum absolute atomic E-state index is 12.8.